The van der Waals surface area contributed by atoms with Crippen LogP contribution in [0.15, 0.2) is 75.9 Å². The van der Waals surface area contributed by atoms with Gasteiger partial charge in [-0.15, -0.1) is 0 Å². The lowest BCUT2D eigenvalue weighted by Crippen LogP contribution is -3.06. The molecule has 3 aromatic carbocycles. The topological polar surface area (TPSA) is 73.4 Å². The third kappa shape index (κ3) is 4.99. The van der Waals surface area contributed by atoms with E-state index in [0.29, 0.717) is 59.4 Å². The normalized spacial score (nSPS) is 14.8. The number of hydrogen-bond acceptors (Lipinski definition) is 5. The van der Waals surface area contributed by atoms with E-state index < -0.39 is 6.04 Å². The van der Waals surface area contributed by atoms with Crippen molar-refractivity contribution in [2.75, 3.05) is 33.8 Å². The number of halogens is 1. The van der Waals surface area contributed by atoms with Crippen LogP contribution in [0.5, 0.6) is 11.5 Å². The summed E-state index contributed by atoms with van der Waals surface area (Å²) in [5, 5.41) is 0.777. The highest BCUT2D eigenvalue weighted by Crippen LogP contribution is 2.41. The Hall–Kier alpha value is -3.81. The summed E-state index contributed by atoms with van der Waals surface area (Å²) >= 11 is 6.19. The molecule has 1 aliphatic rings. The van der Waals surface area contributed by atoms with Gasteiger partial charge in [0.25, 0.3) is 5.91 Å². The second-order valence-electron chi connectivity index (χ2n) is 9.59. The average molecular weight is 534 g/mol. The fraction of sp³-hybridized carbons (Fsp3) is 0.267. The van der Waals surface area contributed by atoms with Gasteiger partial charge in [0.1, 0.15) is 12.2 Å². The number of carbonyl (C=O) groups is 1. The van der Waals surface area contributed by atoms with E-state index in [0.717, 1.165) is 11.1 Å². The van der Waals surface area contributed by atoms with Crippen LogP contribution in [0, 0.1) is 0 Å². The lowest BCUT2D eigenvalue weighted by Gasteiger charge is -2.26. The Balaban J connectivity index is 1.60. The zero-order chi connectivity index (χ0) is 26.8. The predicted octanol–water partition coefficient (Wildman–Crippen LogP) is 4.11. The molecule has 1 N–H and O–H groups in total. The maximum atomic E-state index is 13.8. The number of nitrogens with zero attached hydrogens (tertiary/aromatic N) is 1. The smallest absolute Gasteiger partial charge is 0.291 e. The van der Waals surface area contributed by atoms with Gasteiger partial charge in [-0.25, -0.2) is 0 Å². The van der Waals surface area contributed by atoms with Gasteiger partial charge in [0, 0.05) is 5.02 Å². The number of amides is 1. The van der Waals surface area contributed by atoms with Gasteiger partial charge >= 0.3 is 0 Å². The van der Waals surface area contributed by atoms with Crippen LogP contribution in [0.2, 0.25) is 5.02 Å². The van der Waals surface area contributed by atoms with Crippen LogP contribution in [0.3, 0.4) is 0 Å². The summed E-state index contributed by atoms with van der Waals surface area (Å²) in [6, 6.07) is 19.7. The fourth-order valence-electron chi connectivity index (χ4n) is 4.73. The van der Waals surface area contributed by atoms with Crippen molar-refractivity contribution in [3.8, 4) is 11.5 Å². The van der Waals surface area contributed by atoms with Crippen LogP contribution in [-0.4, -0.2) is 44.6 Å². The van der Waals surface area contributed by atoms with Crippen LogP contribution < -0.4 is 19.8 Å². The minimum Gasteiger partial charge on any atom is -0.490 e. The number of nitrogens with one attached hydrogen (secondary N) is 1. The zero-order valence-corrected chi connectivity index (χ0v) is 22.4. The van der Waals surface area contributed by atoms with Gasteiger partial charge in [-0.3, -0.25) is 9.59 Å². The van der Waals surface area contributed by atoms with Crippen molar-refractivity contribution in [3.63, 3.8) is 0 Å². The SMILES string of the molecule is CCOc1cc([C@H]2c3c(oc4ccc(Cl)cc4c3=O)C(=O)N2CC[NH+](C)C)ccc1OCc1ccccc1. The first-order valence-corrected chi connectivity index (χ1v) is 13.0. The molecule has 2 heterocycles. The Morgan fingerprint density at radius 2 is 1.76 bits per heavy atom. The molecule has 0 saturated heterocycles. The minimum absolute atomic E-state index is 0.0749. The molecule has 0 fully saturated rings. The highest BCUT2D eigenvalue weighted by atomic mass is 35.5. The maximum absolute atomic E-state index is 13.8. The standard InChI is InChI=1S/C30H29ClN2O5/c1-4-36-25-16-20(10-12-24(25)37-18-19-8-6-5-7-9-19)27-26-28(34)22-17-21(31)11-13-23(22)38-29(26)30(35)33(27)15-14-32(2)3/h5-13,16-17,27H,4,14-15,18H2,1-3H3/p+1/t27-/m0/s1. The summed E-state index contributed by atoms with van der Waals surface area (Å²) in [6.07, 6.45) is 0. The van der Waals surface area contributed by atoms with Gasteiger partial charge in [0.2, 0.25) is 5.76 Å². The van der Waals surface area contributed by atoms with Gasteiger partial charge in [-0.05, 0) is 48.4 Å². The number of hydrogen-bond donors (Lipinski definition) is 1. The second-order valence-corrected chi connectivity index (χ2v) is 10.0. The Bertz CT molecular complexity index is 1530. The zero-order valence-electron chi connectivity index (χ0n) is 21.6. The van der Waals surface area contributed by atoms with Crippen molar-refractivity contribution in [2.45, 2.75) is 19.6 Å². The highest BCUT2D eigenvalue weighted by Gasteiger charge is 2.43. The lowest BCUT2D eigenvalue weighted by molar-refractivity contribution is -0.857. The number of likely N-dealkylation sites (N-methyl/N-ethyl adjacent to an activating group) is 1. The molecular formula is C30H30ClN2O5+. The van der Waals surface area contributed by atoms with Crippen LogP contribution in [0.25, 0.3) is 11.0 Å². The molecule has 1 aromatic heterocycles. The van der Waals surface area contributed by atoms with E-state index in [2.05, 4.69) is 0 Å². The predicted molar refractivity (Wildman–Crippen MR) is 146 cm³/mol. The van der Waals surface area contributed by atoms with Gasteiger partial charge in [-0.1, -0.05) is 48.0 Å². The van der Waals surface area contributed by atoms with E-state index in [9.17, 15) is 9.59 Å². The molecule has 5 rings (SSSR count). The van der Waals surface area contributed by atoms with Crippen molar-refractivity contribution < 1.29 is 23.6 Å². The summed E-state index contributed by atoms with van der Waals surface area (Å²) in [7, 11) is 4.04. The van der Waals surface area contributed by atoms with E-state index in [1.165, 1.54) is 4.90 Å². The van der Waals surface area contributed by atoms with Crippen LogP contribution in [-0.2, 0) is 6.61 Å². The number of fused-ring (bicyclic) bond motifs is 2. The number of ether oxygens (including phenoxy) is 2. The Morgan fingerprint density at radius 3 is 2.50 bits per heavy atom. The average Bonchev–Trinajstić information content (AvgIpc) is 3.19. The summed E-state index contributed by atoms with van der Waals surface area (Å²) in [5.41, 5.74) is 2.18. The van der Waals surface area contributed by atoms with Crippen LogP contribution in [0.4, 0.5) is 0 Å². The minimum atomic E-state index is -0.626. The third-order valence-electron chi connectivity index (χ3n) is 6.60. The van der Waals surface area contributed by atoms with Gasteiger partial charge < -0.3 is 23.7 Å². The largest absolute Gasteiger partial charge is 0.490 e. The molecule has 0 spiro atoms. The molecule has 38 heavy (non-hydrogen) atoms. The first kappa shape index (κ1) is 25.8. The van der Waals surface area contributed by atoms with E-state index >= 15 is 0 Å². The fourth-order valence-corrected chi connectivity index (χ4v) is 4.90. The van der Waals surface area contributed by atoms with Gasteiger partial charge in [0.15, 0.2) is 16.9 Å². The molecule has 0 unspecified atom stereocenters. The van der Waals surface area contributed by atoms with Gasteiger partial charge in [-0.2, -0.15) is 0 Å². The van der Waals surface area contributed by atoms with Crippen molar-refractivity contribution in [1.29, 1.82) is 0 Å². The monoisotopic (exact) mass is 533 g/mol. The van der Waals surface area contributed by atoms with Crippen molar-refractivity contribution in [2.24, 2.45) is 0 Å². The molecule has 8 heteroatoms. The van der Waals surface area contributed by atoms with Crippen LogP contribution >= 0.6 is 11.6 Å². The molecule has 0 radical (unpaired) electrons. The summed E-state index contributed by atoms with van der Waals surface area (Å²) in [5.74, 6) is 0.910. The van der Waals surface area contributed by atoms with E-state index in [4.69, 9.17) is 25.5 Å². The van der Waals surface area contributed by atoms with Gasteiger partial charge in [0.05, 0.1) is 50.8 Å². The Morgan fingerprint density at radius 1 is 0.974 bits per heavy atom. The van der Waals surface area contributed by atoms with Crippen molar-refractivity contribution in [1.82, 2.24) is 4.90 Å². The van der Waals surface area contributed by atoms with Crippen molar-refractivity contribution >= 4 is 28.5 Å². The molecule has 0 saturated carbocycles. The lowest BCUT2D eigenvalue weighted by atomic mass is 9.98. The number of carbonyl (C=O) groups excluding carboxylic acids is 1. The summed E-state index contributed by atoms with van der Waals surface area (Å²) in [4.78, 5) is 30.2. The quantitative estimate of drug-likeness (QED) is 0.350. The Kier molecular flexibility index (Phi) is 7.40. The molecule has 1 atom stereocenters. The number of rotatable bonds is 9. The molecule has 1 aliphatic heterocycles. The molecular weight excluding hydrogens is 504 g/mol. The first-order chi connectivity index (χ1) is 18.4. The van der Waals surface area contributed by atoms with Crippen LogP contribution in [0.1, 0.15) is 40.2 Å². The maximum Gasteiger partial charge on any atom is 0.291 e. The Labute approximate surface area is 226 Å². The number of benzene rings is 3. The first-order valence-electron chi connectivity index (χ1n) is 12.7. The molecule has 0 bridgehead atoms. The summed E-state index contributed by atoms with van der Waals surface area (Å²) < 4.78 is 18.0. The van der Waals surface area contributed by atoms with E-state index in [-0.39, 0.29) is 17.1 Å². The molecule has 1 amide bonds. The molecule has 4 aromatic rings. The van der Waals surface area contributed by atoms with Crippen molar-refractivity contribution in [3.05, 3.63) is 104 Å². The highest BCUT2D eigenvalue weighted by molar-refractivity contribution is 6.31. The third-order valence-corrected chi connectivity index (χ3v) is 6.84. The van der Waals surface area contributed by atoms with E-state index in [1.54, 1.807) is 23.1 Å². The van der Waals surface area contributed by atoms with E-state index in [1.807, 2.05) is 69.6 Å². The summed E-state index contributed by atoms with van der Waals surface area (Å²) in [6.45, 7) is 3.87. The second kappa shape index (κ2) is 10.9. The molecule has 0 aliphatic carbocycles. The molecule has 7 nitrogen and oxygen atoms in total. The number of quaternary nitrogens is 1. The molecule has 196 valence electrons.